The largest absolute Gasteiger partial charge is 0.476 e. The summed E-state index contributed by atoms with van der Waals surface area (Å²) in [5.41, 5.74) is 6.28. The maximum atomic E-state index is 5.89. The van der Waals surface area contributed by atoms with Gasteiger partial charge in [-0.3, -0.25) is 0 Å². The highest BCUT2D eigenvalue weighted by atomic mass is 16.5. The smallest absolute Gasteiger partial charge is 0.242 e. The molecule has 0 atom stereocenters. The summed E-state index contributed by atoms with van der Waals surface area (Å²) in [7, 11) is 0. The van der Waals surface area contributed by atoms with Gasteiger partial charge in [0.2, 0.25) is 11.8 Å². The topological polar surface area (TPSA) is 112 Å². The molecule has 2 aromatic heterocycles. The van der Waals surface area contributed by atoms with E-state index >= 15 is 0 Å². The first-order chi connectivity index (χ1) is 9.20. The number of aromatic nitrogens is 4. The maximum Gasteiger partial charge on any atom is 0.242 e. The number of hydrogen-bond acceptors (Lipinski definition) is 8. The Morgan fingerprint density at radius 1 is 1.42 bits per heavy atom. The van der Waals surface area contributed by atoms with Crippen LogP contribution in [0.1, 0.15) is 18.6 Å². The lowest BCUT2D eigenvalue weighted by Gasteiger charge is -2.10. The van der Waals surface area contributed by atoms with E-state index in [1.807, 2.05) is 6.92 Å². The Morgan fingerprint density at radius 2 is 2.26 bits per heavy atom. The number of anilines is 2. The molecular formula is C11H16N6O2. The van der Waals surface area contributed by atoms with E-state index in [0.717, 1.165) is 0 Å². The van der Waals surface area contributed by atoms with E-state index in [0.29, 0.717) is 48.7 Å². The third-order valence-corrected chi connectivity index (χ3v) is 2.33. The van der Waals surface area contributed by atoms with Crippen LogP contribution in [0.15, 0.2) is 10.9 Å². The molecule has 0 unspecified atom stereocenters. The molecule has 0 aromatic carbocycles. The highest BCUT2D eigenvalue weighted by molar-refractivity contribution is 5.66. The predicted octanol–water partition coefficient (Wildman–Crippen LogP) is 0.804. The zero-order valence-electron chi connectivity index (χ0n) is 10.9. The SMILES string of the molecule is CCOc1ncnc(NCCc2nc(C)no2)c1N. The van der Waals surface area contributed by atoms with Crippen molar-refractivity contribution < 1.29 is 9.26 Å². The molecule has 0 fully saturated rings. The molecule has 19 heavy (non-hydrogen) atoms. The van der Waals surface area contributed by atoms with Gasteiger partial charge in [0.25, 0.3) is 0 Å². The zero-order chi connectivity index (χ0) is 13.7. The summed E-state index contributed by atoms with van der Waals surface area (Å²) in [4.78, 5) is 12.1. The van der Waals surface area contributed by atoms with Gasteiger partial charge in [0.15, 0.2) is 11.6 Å². The van der Waals surface area contributed by atoms with Gasteiger partial charge in [0.05, 0.1) is 6.61 Å². The number of rotatable bonds is 6. The Hall–Kier alpha value is -2.38. The van der Waals surface area contributed by atoms with Gasteiger partial charge in [0.1, 0.15) is 12.0 Å². The van der Waals surface area contributed by atoms with Gasteiger partial charge in [0, 0.05) is 13.0 Å². The van der Waals surface area contributed by atoms with Crippen LogP contribution in [0.3, 0.4) is 0 Å². The summed E-state index contributed by atoms with van der Waals surface area (Å²) in [6, 6.07) is 0. The van der Waals surface area contributed by atoms with Crippen LogP contribution in [0, 0.1) is 6.92 Å². The van der Waals surface area contributed by atoms with Crippen molar-refractivity contribution in [1.82, 2.24) is 20.1 Å². The third-order valence-electron chi connectivity index (χ3n) is 2.33. The third kappa shape index (κ3) is 3.30. The molecule has 0 aliphatic rings. The van der Waals surface area contributed by atoms with E-state index in [2.05, 4.69) is 25.4 Å². The Labute approximate surface area is 110 Å². The second-order valence-electron chi connectivity index (χ2n) is 3.79. The van der Waals surface area contributed by atoms with Crippen LogP contribution in [-0.4, -0.2) is 33.3 Å². The van der Waals surface area contributed by atoms with E-state index in [4.69, 9.17) is 15.0 Å². The fourth-order valence-electron chi connectivity index (χ4n) is 1.50. The molecule has 102 valence electrons. The van der Waals surface area contributed by atoms with Gasteiger partial charge in [-0.05, 0) is 13.8 Å². The first kappa shape index (κ1) is 13.1. The van der Waals surface area contributed by atoms with Crippen molar-refractivity contribution in [1.29, 1.82) is 0 Å². The number of nitrogens with two attached hydrogens (primary N) is 1. The van der Waals surface area contributed by atoms with Crippen molar-refractivity contribution in [3.63, 3.8) is 0 Å². The van der Waals surface area contributed by atoms with Crippen LogP contribution in [0.25, 0.3) is 0 Å². The van der Waals surface area contributed by atoms with Crippen molar-refractivity contribution in [2.75, 3.05) is 24.2 Å². The molecule has 0 spiro atoms. The molecule has 8 nitrogen and oxygen atoms in total. The van der Waals surface area contributed by atoms with Gasteiger partial charge in [-0.25, -0.2) is 4.98 Å². The summed E-state index contributed by atoms with van der Waals surface area (Å²) in [6.45, 7) is 4.72. The molecule has 0 radical (unpaired) electrons. The van der Waals surface area contributed by atoms with Crippen LogP contribution in [0.2, 0.25) is 0 Å². The number of hydrogen-bond donors (Lipinski definition) is 2. The molecule has 0 saturated carbocycles. The monoisotopic (exact) mass is 264 g/mol. The van der Waals surface area contributed by atoms with Crippen LogP contribution in [0.4, 0.5) is 11.5 Å². The van der Waals surface area contributed by atoms with Crippen molar-refractivity contribution >= 4 is 11.5 Å². The molecule has 0 aliphatic carbocycles. The molecular weight excluding hydrogens is 248 g/mol. The van der Waals surface area contributed by atoms with Crippen molar-refractivity contribution in [2.45, 2.75) is 20.3 Å². The molecule has 2 heterocycles. The highest BCUT2D eigenvalue weighted by Gasteiger charge is 2.09. The normalized spacial score (nSPS) is 10.4. The molecule has 0 aliphatic heterocycles. The minimum Gasteiger partial charge on any atom is -0.476 e. The quantitative estimate of drug-likeness (QED) is 0.788. The number of ether oxygens (including phenoxy) is 1. The van der Waals surface area contributed by atoms with Gasteiger partial charge in [-0.2, -0.15) is 9.97 Å². The summed E-state index contributed by atoms with van der Waals surface area (Å²) in [6.07, 6.45) is 1.99. The fourth-order valence-corrected chi connectivity index (χ4v) is 1.50. The Balaban J connectivity index is 1.94. The summed E-state index contributed by atoms with van der Waals surface area (Å²) in [5.74, 6) is 2.11. The summed E-state index contributed by atoms with van der Waals surface area (Å²) >= 11 is 0. The van der Waals surface area contributed by atoms with Crippen LogP contribution in [-0.2, 0) is 6.42 Å². The minimum atomic E-state index is 0.383. The summed E-state index contributed by atoms with van der Waals surface area (Å²) in [5, 5.41) is 6.80. The second-order valence-corrected chi connectivity index (χ2v) is 3.79. The van der Waals surface area contributed by atoms with Gasteiger partial charge in [-0.15, -0.1) is 0 Å². The van der Waals surface area contributed by atoms with Gasteiger partial charge in [-0.1, -0.05) is 5.16 Å². The Bertz CT molecular complexity index is 542. The fraction of sp³-hybridized carbons (Fsp3) is 0.455. The van der Waals surface area contributed by atoms with E-state index in [1.165, 1.54) is 6.33 Å². The average molecular weight is 264 g/mol. The number of nitrogens with one attached hydrogen (secondary N) is 1. The molecule has 3 N–H and O–H groups in total. The number of nitrogens with zero attached hydrogens (tertiary/aromatic N) is 4. The molecule has 2 rings (SSSR count). The molecule has 8 heteroatoms. The van der Waals surface area contributed by atoms with E-state index < -0.39 is 0 Å². The van der Waals surface area contributed by atoms with Gasteiger partial charge < -0.3 is 20.3 Å². The van der Waals surface area contributed by atoms with Crippen molar-refractivity contribution in [2.24, 2.45) is 0 Å². The first-order valence-corrected chi connectivity index (χ1v) is 5.97. The minimum absolute atomic E-state index is 0.383. The zero-order valence-corrected chi connectivity index (χ0v) is 10.9. The molecule has 0 bridgehead atoms. The van der Waals surface area contributed by atoms with Crippen molar-refractivity contribution in [3.8, 4) is 5.88 Å². The van der Waals surface area contributed by atoms with Crippen LogP contribution in [0.5, 0.6) is 5.88 Å². The second kappa shape index (κ2) is 5.98. The number of aryl methyl sites for hydroxylation is 1. The standard InChI is InChI=1S/C11H16N6O2/c1-3-18-11-9(12)10(14-6-15-11)13-5-4-8-16-7(2)17-19-8/h6H,3-5,12H2,1-2H3,(H,13,14,15). The van der Waals surface area contributed by atoms with E-state index in [1.54, 1.807) is 6.92 Å². The van der Waals surface area contributed by atoms with Crippen LogP contribution >= 0.6 is 0 Å². The van der Waals surface area contributed by atoms with E-state index in [9.17, 15) is 0 Å². The molecule has 2 aromatic rings. The predicted molar refractivity (Wildman–Crippen MR) is 68.8 cm³/mol. The van der Waals surface area contributed by atoms with E-state index in [-0.39, 0.29) is 0 Å². The lowest BCUT2D eigenvalue weighted by atomic mass is 10.4. The molecule has 0 saturated heterocycles. The highest BCUT2D eigenvalue weighted by Crippen LogP contribution is 2.24. The van der Waals surface area contributed by atoms with Crippen molar-refractivity contribution in [3.05, 3.63) is 18.0 Å². The lowest BCUT2D eigenvalue weighted by Crippen LogP contribution is -2.10. The van der Waals surface area contributed by atoms with Gasteiger partial charge >= 0.3 is 0 Å². The van der Waals surface area contributed by atoms with Crippen LogP contribution < -0.4 is 15.8 Å². The Morgan fingerprint density at radius 3 is 2.95 bits per heavy atom. The number of nitrogen functional groups attached to an aromatic ring is 1. The maximum absolute atomic E-state index is 5.89. The Kier molecular flexibility index (Phi) is 4.11. The average Bonchev–Trinajstić information content (AvgIpc) is 2.80. The lowest BCUT2D eigenvalue weighted by molar-refractivity contribution is 0.328. The first-order valence-electron chi connectivity index (χ1n) is 5.97. The molecule has 0 amide bonds. The summed E-state index contributed by atoms with van der Waals surface area (Å²) < 4.78 is 10.3.